The first-order chi connectivity index (χ1) is 13.9. The summed E-state index contributed by atoms with van der Waals surface area (Å²) in [6.07, 6.45) is 22.6. The van der Waals surface area contributed by atoms with E-state index in [0.717, 1.165) is 19.7 Å². The molecule has 1 aliphatic heterocycles. The smallest absolute Gasteiger partial charge is 0.0685 e. The van der Waals surface area contributed by atoms with E-state index in [-0.39, 0.29) is 11.1 Å². The molecule has 0 spiro atoms. The van der Waals surface area contributed by atoms with Gasteiger partial charge in [-0.3, -0.25) is 4.84 Å². The van der Waals surface area contributed by atoms with Gasteiger partial charge in [0.05, 0.1) is 17.7 Å². The fourth-order valence-electron chi connectivity index (χ4n) is 4.79. The van der Waals surface area contributed by atoms with E-state index in [0.29, 0.717) is 0 Å². The van der Waals surface area contributed by atoms with E-state index in [1.54, 1.807) is 0 Å². The molecule has 0 amide bonds. The first-order valence-corrected chi connectivity index (χ1v) is 13.0. The van der Waals surface area contributed by atoms with Gasteiger partial charge in [-0.25, -0.2) is 0 Å². The highest BCUT2D eigenvalue weighted by atomic mass is 16.7. The van der Waals surface area contributed by atoms with Crippen LogP contribution in [0.1, 0.15) is 137 Å². The average molecular weight is 411 g/mol. The van der Waals surface area contributed by atoms with Crippen molar-refractivity contribution < 1.29 is 4.84 Å². The standard InChI is InChI=1S/C26H54N2O/c1-6-7-8-9-10-11-12-13-14-15-16-17-18-19-20-21-22-29-28-25(2,3)23-27-24-26(28,4)5/h27H,6-24H2,1-5H3. The van der Waals surface area contributed by atoms with E-state index in [2.05, 4.69) is 45.0 Å². The summed E-state index contributed by atoms with van der Waals surface area (Å²) in [5, 5.41) is 5.78. The Bertz CT molecular complexity index is 365. The third-order valence-electron chi connectivity index (χ3n) is 6.43. The van der Waals surface area contributed by atoms with E-state index in [1.165, 1.54) is 103 Å². The van der Waals surface area contributed by atoms with Crippen LogP contribution in [-0.4, -0.2) is 35.8 Å². The maximum Gasteiger partial charge on any atom is 0.0685 e. The molecule has 29 heavy (non-hydrogen) atoms. The number of hydrogen-bond acceptors (Lipinski definition) is 3. The lowest BCUT2D eigenvalue weighted by Crippen LogP contribution is -2.67. The Balaban J connectivity index is 1.86. The summed E-state index contributed by atoms with van der Waals surface area (Å²) in [6.45, 7) is 14.2. The molecule has 1 saturated heterocycles. The molecule has 0 bridgehead atoms. The molecule has 0 aromatic carbocycles. The minimum atomic E-state index is 0.0663. The first-order valence-electron chi connectivity index (χ1n) is 13.0. The van der Waals surface area contributed by atoms with Crippen LogP contribution in [0, 0.1) is 0 Å². The van der Waals surface area contributed by atoms with Crippen LogP contribution in [0.5, 0.6) is 0 Å². The van der Waals surface area contributed by atoms with Crippen LogP contribution in [-0.2, 0) is 4.84 Å². The van der Waals surface area contributed by atoms with E-state index in [4.69, 9.17) is 4.84 Å². The summed E-state index contributed by atoms with van der Waals surface area (Å²) in [6, 6.07) is 0. The number of nitrogens with zero attached hydrogens (tertiary/aromatic N) is 1. The van der Waals surface area contributed by atoms with Crippen molar-refractivity contribution >= 4 is 0 Å². The van der Waals surface area contributed by atoms with Crippen molar-refractivity contribution in [1.82, 2.24) is 10.4 Å². The van der Waals surface area contributed by atoms with E-state index in [9.17, 15) is 0 Å². The number of nitrogens with one attached hydrogen (secondary N) is 1. The van der Waals surface area contributed by atoms with Gasteiger partial charge in [-0.1, -0.05) is 103 Å². The van der Waals surface area contributed by atoms with Crippen molar-refractivity contribution in [2.24, 2.45) is 0 Å². The Hall–Kier alpha value is -0.120. The normalized spacial score (nSPS) is 18.9. The molecule has 1 aliphatic rings. The lowest BCUT2D eigenvalue weighted by Gasteiger charge is -2.51. The van der Waals surface area contributed by atoms with Gasteiger partial charge in [0.15, 0.2) is 0 Å². The fourth-order valence-corrected chi connectivity index (χ4v) is 4.79. The molecule has 0 aromatic heterocycles. The van der Waals surface area contributed by atoms with Crippen molar-refractivity contribution in [2.75, 3.05) is 19.7 Å². The van der Waals surface area contributed by atoms with Gasteiger partial charge in [0, 0.05) is 13.1 Å². The number of piperazine rings is 1. The molecule has 174 valence electrons. The predicted molar refractivity (Wildman–Crippen MR) is 128 cm³/mol. The largest absolute Gasteiger partial charge is 0.313 e. The summed E-state index contributed by atoms with van der Waals surface area (Å²) in [4.78, 5) is 6.23. The van der Waals surface area contributed by atoms with Gasteiger partial charge in [0.2, 0.25) is 0 Å². The number of hydroxylamine groups is 2. The second kappa shape index (κ2) is 15.6. The molecule has 1 fully saturated rings. The zero-order chi connectivity index (χ0) is 21.4. The van der Waals surface area contributed by atoms with Crippen molar-refractivity contribution in [3.63, 3.8) is 0 Å². The molecule has 3 nitrogen and oxygen atoms in total. The van der Waals surface area contributed by atoms with Crippen LogP contribution in [0.15, 0.2) is 0 Å². The second-order valence-corrected chi connectivity index (χ2v) is 10.7. The Kier molecular flexibility index (Phi) is 14.5. The first kappa shape index (κ1) is 26.9. The van der Waals surface area contributed by atoms with Gasteiger partial charge in [-0.15, -0.1) is 0 Å². The summed E-state index contributed by atoms with van der Waals surface area (Å²) in [7, 11) is 0. The van der Waals surface area contributed by atoms with Crippen molar-refractivity contribution in [3.05, 3.63) is 0 Å². The maximum atomic E-state index is 6.23. The van der Waals surface area contributed by atoms with Gasteiger partial charge in [0.1, 0.15) is 0 Å². The Morgan fingerprint density at radius 1 is 0.586 bits per heavy atom. The highest BCUT2D eigenvalue weighted by molar-refractivity contribution is 4.95. The van der Waals surface area contributed by atoms with Gasteiger partial charge in [0.25, 0.3) is 0 Å². The van der Waals surface area contributed by atoms with E-state index in [1.807, 2.05) is 0 Å². The number of rotatable bonds is 18. The second-order valence-electron chi connectivity index (χ2n) is 10.7. The third kappa shape index (κ3) is 12.4. The topological polar surface area (TPSA) is 24.5 Å². The lowest BCUT2D eigenvalue weighted by atomic mass is 9.92. The summed E-state index contributed by atoms with van der Waals surface area (Å²) in [5.41, 5.74) is 0.133. The molecular formula is C26H54N2O. The van der Waals surface area contributed by atoms with Crippen molar-refractivity contribution in [2.45, 2.75) is 148 Å². The third-order valence-corrected chi connectivity index (χ3v) is 6.43. The van der Waals surface area contributed by atoms with Crippen LogP contribution in [0.25, 0.3) is 0 Å². The molecule has 1 N–H and O–H groups in total. The summed E-state index contributed by atoms with van der Waals surface area (Å²) in [5.74, 6) is 0. The van der Waals surface area contributed by atoms with Crippen molar-refractivity contribution in [1.29, 1.82) is 0 Å². The van der Waals surface area contributed by atoms with Crippen LogP contribution in [0.4, 0.5) is 0 Å². The average Bonchev–Trinajstić information content (AvgIpc) is 2.65. The zero-order valence-electron chi connectivity index (χ0n) is 20.8. The lowest BCUT2D eigenvalue weighted by molar-refractivity contribution is -0.274. The molecule has 0 aliphatic carbocycles. The van der Waals surface area contributed by atoms with Gasteiger partial charge in [-0.05, 0) is 34.1 Å². The maximum absolute atomic E-state index is 6.23. The number of hydrogen-bond donors (Lipinski definition) is 1. The Labute approximate surface area is 183 Å². The van der Waals surface area contributed by atoms with Crippen LogP contribution in [0.2, 0.25) is 0 Å². The molecule has 0 aromatic rings. The zero-order valence-corrected chi connectivity index (χ0v) is 20.8. The SMILES string of the molecule is CCCCCCCCCCCCCCCCCCON1C(C)(C)CNCC1(C)C. The molecule has 1 heterocycles. The molecule has 0 saturated carbocycles. The monoisotopic (exact) mass is 410 g/mol. The molecule has 0 atom stereocenters. The van der Waals surface area contributed by atoms with Gasteiger partial charge >= 0.3 is 0 Å². The molecule has 3 heteroatoms. The Morgan fingerprint density at radius 2 is 0.931 bits per heavy atom. The highest BCUT2D eigenvalue weighted by Gasteiger charge is 2.42. The van der Waals surface area contributed by atoms with E-state index < -0.39 is 0 Å². The van der Waals surface area contributed by atoms with E-state index >= 15 is 0 Å². The van der Waals surface area contributed by atoms with Crippen LogP contribution in [0.3, 0.4) is 0 Å². The highest BCUT2D eigenvalue weighted by Crippen LogP contribution is 2.28. The fraction of sp³-hybridized carbons (Fsp3) is 1.00. The minimum absolute atomic E-state index is 0.0663. The van der Waals surface area contributed by atoms with Gasteiger partial charge in [-0.2, -0.15) is 5.06 Å². The minimum Gasteiger partial charge on any atom is -0.313 e. The number of unbranched alkanes of at least 4 members (excludes halogenated alkanes) is 15. The molecule has 1 rings (SSSR count). The van der Waals surface area contributed by atoms with Crippen molar-refractivity contribution in [3.8, 4) is 0 Å². The molecular weight excluding hydrogens is 356 g/mol. The quantitative estimate of drug-likeness (QED) is 0.235. The Morgan fingerprint density at radius 3 is 1.31 bits per heavy atom. The molecule has 0 unspecified atom stereocenters. The summed E-state index contributed by atoms with van der Waals surface area (Å²) < 4.78 is 0. The molecule has 0 radical (unpaired) electrons. The van der Waals surface area contributed by atoms with Crippen LogP contribution < -0.4 is 5.32 Å². The predicted octanol–water partition coefficient (Wildman–Crippen LogP) is 7.64. The summed E-state index contributed by atoms with van der Waals surface area (Å²) >= 11 is 0. The van der Waals surface area contributed by atoms with Gasteiger partial charge < -0.3 is 5.32 Å². The van der Waals surface area contributed by atoms with Crippen LogP contribution >= 0.6 is 0 Å².